The number of benzene rings is 1. The molecule has 0 spiro atoms. The monoisotopic (exact) mass is 288 g/mol. The minimum Gasteiger partial charge on any atom is -0.300 e. The average Bonchev–Trinajstić information content (AvgIpc) is 2.50. The summed E-state index contributed by atoms with van der Waals surface area (Å²) in [4.78, 5) is 2.55. The zero-order valence-electron chi connectivity index (χ0n) is 12.9. The third kappa shape index (κ3) is 4.82. The second-order valence-corrected chi connectivity index (χ2v) is 6.11. The molecule has 0 N–H and O–H groups in total. The Bertz CT molecular complexity index is 463. The number of halogens is 1. The predicted octanol–water partition coefficient (Wildman–Crippen LogP) is 4.16. The van der Waals surface area contributed by atoms with Crippen LogP contribution < -0.4 is 0 Å². The van der Waals surface area contributed by atoms with Crippen LogP contribution in [0.3, 0.4) is 0 Å². The largest absolute Gasteiger partial charge is 0.300 e. The van der Waals surface area contributed by atoms with E-state index in [1.165, 1.54) is 24.8 Å². The summed E-state index contributed by atoms with van der Waals surface area (Å²) in [6.45, 7) is 4.49. The number of nitrogens with zero attached hydrogens (tertiary/aromatic N) is 2. The first-order valence-corrected chi connectivity index (χ1v) is 8.08. The van der Waals surface area contributed by atoms with Crippen LogP contribution in [0, 0.1) is 23.1 Å². The SMILES string of the molecule is CCCN1CC[C@@H](Cc2ccc(F)cc2)C[C@@H]1CCC#N. The Morgan fingerprint density at radius 3 is 2.76 bits per heavy atom. The molecule has 0 aliphatic carbocycles. The molecule has 2 rings (SSSR count). The van der Waals surface area contributed by atoms with Gasteiger partial charge in [-0.3, -0.25) is 0 Å². The van der Waals surface area contributed by atoms with Gasteiger partial charge >= 0.3 is 0 Å². The van der Waals surface area contributed by atoms with Gasteiger partial charge in [-0.1, -0.05) is 19.1 Å². The molecule has 0 aromatic heterocycles. The van der Waals surface area contributed by atoms with Gasteiger partial charge in [-0.2, -0.15) is 5.26 Å². The standard InChI is InChI=1S/C18H25FN2/c1-2-11-21-12-9-16(14-18(21)4-3-10-20)13-15-5-7-17(19)8-6-15/h5-8,16,18H,2-4,9,11-14H2,1H3/t16-,18-/m0/s1. The lowest BCUT2D eigenvalue weighted by molar-refractivity contribution is 0.106. The van der Waals surface area contributed by atoms with E-state index >= 15 is 0 Å². The van der Waals surface area contributed by atoms with E-state index in [0.29, 0.717) is 18.4 Å². The van der Waals surface area contributed by atoms with Crippen LogP contribution in [0.5, 0.6) is 0 Å². The number of hydrogen-bond acceptors (Lipinski definition) is 2. The average molecular weight is 288 g/mol. The molecule has 2 nitrogen and oxygen atoms in total. The van der Waals surface area contributed by atoms with E-state index in [4.69, 9.17) is 5.26 Å². The smallest absolute Gasteiger partial charge is 0.123 e. The van der Waals surface area contributed by atoms with Gasteiger partial charge < -0.3 is 4.90 Å². The van der Waals surface area contributed by atoms with Crippen molar-refractivity contribution >= 4 is 0 Å². The number of piperidine rings is 1. The van der Waals surface area contributed by atoms with Crippen LogP contribution in [0.1, 0.15) is 44.6 Å². The highest BCUT2D eigenvalue weighted by atomic mass is 19.1. The van der Waals surface area contributed by atoms with Gasteiger partial charge in [-0.15, -0.1) is 0 Å². The summed E-state index contributed by atoms with van der Waals surface area (Å²) in [5.41, 5.74) is 1.23. The highest BCUT2D eigenvalue weighted by Gasteiger charge is 2.27. The lowest BCUT2D eigenvalue weighted by Gasteiger charge is -2.39. The van der Waals surface area contributed by atoms with Gasteiger partial charge in [0.1, 0.15) is 5.82 Å². The fourth-order valence-electron chi connectivity index (χ4n) is 3.44. The summed E-state index contributed by atoms with van der Waals surface area (Å²) >= 11 is 0. The van der Waals surface area contributed by atoms with Crippen LogP contribution in [0.15, 0.2) is 24.3 Å². The van der Waals surface area contributed by atoms with Gasteiger partial charge in [0.15, 0.2) is 0 Å². The van der Waals surface area contributed by atoms with Crippen molar-refractivity contribution in [3.63, 3.8) is 0 Å². The summed E-state index contributed by atoms with van der Waals surface area (Å²) in [6, 6.07) is 9.73. The van der Waals surface area contributed by atoms with Crippen LogP contribution in [-0.2, 0) is 6.42 Å². The van der Waals surface area contributed by atoms with Gasteiger partial charge in [-0.05, 0) is 68.8 Å². The topological polar surface area (TPSA) is 27.0 Å². The molecule has 1 heterocycles. The number of hydrogen-bond donors (Lipinski definition) is 0. The normalized spacial score (nSPS) is 22.9. The Labute approximate surface area is 127 Å². The summed E-state index contributed by atoms with van der Waals surface area (Å²) in [6.07, 6.45) is 6.21. The number of nitriles is 1. The third-order valence-electron chi connectivity index (χ3n) is 4.48. The Morgan fingerprint density at radius 1 is 1.33 bits per heavy atom. The Hall–Kier alpha value is -1.40. The third-order valence-corrected chi connectivity index (χ3v) is 4.48. The van der Waals surface area contributed by atoms with Crippen molar-refractivity contribution in [3.8, 4) is 6.07 Å². The molecule has 0 unspecified atom stereocenters. The maximum absolute atomic E-state index is 13.0. The van der Waals surface area contributed by atoms with Crippen molar-refractivity contribution in [2.24, 2.45) is 5.92 Å². The number of rotatable bonds is 6. The molecule has 0 bridgehead atoms. The molecule has 0 saturated carbocycles. The zero-order chi connectivity index (χ0) is 15.1. The quantitative estimate of drug-likeness (QED) is 0.786. The second-order valence-electron chi connectivity index (χ2n) is 6.11. The molecule has 1 aliphatic rings. The van der Waals surface area contributed by atoms with Crippen LogP contribution in [0.25, 0.3) is 0 Å². The van der Waals surface area contributed by atoms with Crippen LogP contribution in [-0.4, -0.2) is 24.0 Å². The van der Waals surface area contributed by atoms with Crippen LogP contribution in [0.4, 0.5) is 4.39 Å². The van der Waals surface area contributed by atoms with E-state index in [9.17, 15) is 4.39 Å². The highest BCUT2D eigenvalue weighted by molar-refractivity contribution is 5.16. The van der Waals surface area contributed by atoms with Gasteiger partial charge in [0.2, 0.25) is 0 Å². The maximum Gasteiger partial charge on any atom is 0.123 e. The molecular weight excluding hydrogens is 263 g/mol. The van der Waals surface area contributed by atoms with E-state index in [1.807, 2.05) is 12.1 Å². The van der Waals surface area contributed by atoms with E-state index in [2.05, 4.69) is 17.9 Å². The van der Waals surface area contributed by atoms with Gasteiger partial charge in [0.05, 0.1) is 6.07 Å². The zero-order valence-corrected chi connectivity index (χ0v) is 12.9. The molecule has 1 fully saturated rings. The van der Waals surface area contributed by atoms with Crippen molar-refractivity contribution in [1.82, 2.24) is 4.90 Å². The number of likely N-dealkylation sites (tertiary alicyclic amines) is 1. The van der Waals surface area contributed by atoms with E-state index < -0.39 is 0 Å². The lowest BCUT2D eigenvalue weighted by atomic mass is 9.84. The first kappa shape index (κ1) is 16.0. The fraction of sp³-hybridized carbons (Fsp3) is 0.611. The molecule has 2 atom stereocenters. The first-order valence-electron chi connectivity index (χ1n) is 8.08. The molecule has 114 valence electrons. The highest BCUT2D eigenvalue weighted by Crippen LogP contribution is 2.28. The molecule has 0 radical (unpaired) electrons. The maximum atomic E-state index is 13.0. The van der Waals surface area contributed by atoms with E-state index in [0.717, 1.165) is 25.9 Å². The first-order chi connectivity index (χ1) is 10.2. The van der Waals surface area contributed by atoms with E-state index in [1.54, 1.807) is 12.1 Å². The Kier molecular flexibility index (Phi) is 6.20. The summed E-state index contributed by atoms with van der Waals surface area (Å²) in [5.74, 6) is 0.496. The molecule has 1 saturated heterocycles. The summed E-state index contributed by atoms with van der Waals surface area (Å²) in [7, 11) is 0. The minimum absolute atomic E-state index is 0.164. The Balaban J connectivity index is 1.93. The molecule has 1 aromatic rings. The summed E-state index contributed by atoms with van der Waals surface area (Å²) in [5, 5.41) is 8.84. The van der Waals surface area contributed by atoms with Gasteiger partial charge in [0, 0.05) is 12.5 Å². The van der Waals surface area contributed by atoms with Crippen molar-refractivity contribution in [2.45, 2.75) is 51.5 Å². The second kappa shape index (κ2) is 8.14. The molecule has 21 heavy (non-hydrogen) atoms. The minimum atomic E-state index is -0.164. The van der Waals surface area contributed by atoms with Crippen LogP contribution >= 0.6 is 0 Å². The lowest BCUT2D eigenvalue weighted by Crippen LogP contribution is -2.43. The van der Waals surface area contributed by atoms with Crippen LogP contribution in [0.2, 0.25) is 0 Å². The molecule has 1 aliphatic heterocycles. The molecule has 3 heteroatoms. The van der Waals surface area contributed by atoms with E-state index in [-0.39, 0.29) is 5.82 Å². The fourth-order valence-corrected chi connectivity index (χ4v) is 3.44. The molecule has 0 amide bonds. The van der Waals surface area contributed by atoms with Crippen molar-refractivity contribution < 1.29 is 4.39 Å². The van der Waals surface area contributed by atoms with Gasteiger partial charge in [-0.25, -0.2) is 4.39 Å². The van der Waals surface area contributed by atoms with Crippen molar-refractivity contribution in [2.75, 3.05) is 13.1 Å². The predicted molar refractivity (Wildman–Crippen MR) is 83.3 cm³/mol. The Morgan fingerprint density at radius 2 is 2.10 bits per heavy atom. The molecular formula is C18H25FN2. The summed E-state index contributed by atoms with van der Waals surface area (Å²) < 4.78 is 13.0. The molecule has 1 aromatic carbocycles. The van der Waals surface area contributed by atoms with Crippen molar-refractivity contribution in [3.05, 3.63) is 35.6 Å². The van der Waals surface area contributed by atoms with Crippen molar-refractivity contribution in [1.29, 1.82) is 5.26 Å². The van der Waals surface area contributed by atoms with Gasteiger partial charge in [0.25, 0.3) is 0 Å².